The maximum absolute atomic E-state index is 14.6. The number of hydrogen-bond donors (Lipinski definition) is 2. The molecule has 0 saturated carbocycles. The number of anilines is 1. The van der Waals surface area contributed by atoms with Crippen molar-refractivity contribution in [2.24, 2.45) is 5.73 Å². The van der Waals surface area contributed by atoms with Crippen LogP contribution in [0.4, 0.5) is 10.2 Å². The van der Waals surface area contributed by atoms with Crippen LogP contribution in [0.15, 0.2) is 78.4 Å². The molecule has 0 amide bonds. The summed E-state index contributed by atoms with van der Waals surface area (Å²) >= 11 is 1.57. The third-order valence-electron chi connectivity index (χ3n) is 5.74. The molecule has 0 aliphatic heterocycles. The minimum atomic E-state index is -0.457. The molecule has 0 bridgehead atoms. The Labute approximate surface area is 201 Å². The van der Waals surface area contributed by atoms with E-state index >= 15 is 0 Å². The Bertz CT molecular complexity index is 1430. The number of pyridine rings is 1. The highest BCUT2D eigenvalue weighted by molar-refractivity contribution is 7.18. The smallest absolute Gasteiger partial charge is 0.165 e. The predicted octanol–water partition coefficient (Wildman–Crippen LogP) is 5.85. The second-order valence-electron chi connectivity index (χ2n) is 8.22. The van der Waals surface area contributed by atoms with Crippen LogP contribution in [0.1, 0.15) is 11.1 Å². The summed E-state index contributed by atoms with van der Waals surface area (Å²) < 4.78 is 15.5. The summed E-state index contributed by atoms with van der Waals surface area (Å²) in [6.45, 7) is 2.60. The van der Waals surface area contributed by atoms with E-state index in [2.05, 4.69) is 46.9 Å². The van der Waals surface area contributed by atoms with Gasteiger partial charge in [-0.3, -0.25) is 4.98 Å². The van der Waals surface area contributed by atoms with Crippen molar-refractivity contribution in [3.63, 3.8) is 0 Å². The van der Waals surface area contributed by atoms with E-state index in [1.54, 1.807) is 23.6 Å². The normalized spacial score (nSPS) is 12.1. The lowest BCUT2D eigenvalue weighted by atomic mass is 10.0. The van der Waals surface area contributed by atoms with Gasteiger partial charge in [0.15, 0.2) is 11.6 Å². The zero-order chi connectivity index (χ0) is 23.5. The first kappa shape index (κ1) is 22.1. The molecule has 3 N–H and O–H groups in total. The Hall–Kier alpha value is -3.68. The Balaban J connectivity index is 1.55. The van der Waals surface area contributed by atoms with Crippen molar-refractivity contribution in [3.05, 3.63) is 95.4 Å². The number of thiophene rings is 1. The van der Waals surface area contributed by atoms with Crippen LogP contribution < -0.4 is 11.1 Å². The van der Waals surface area contributed by atoms with Crippen molar-refractivity contribution in [1.82, 2.24) is 15.0 Å². The van der Waals surface area contributed by atoms with E-state index in [4.69, 9.17) is 15.7 Å². The second-order valence-corrected chi connectivity index (χ2v) is 9.10. The third kappa shape index (κ3) is 4.53. The van der Waals surface area contributed by atoms with Crippen LogP contribution in [0.3, 0.4) is 0 Å². The molecule has 7 heteroatoms. The molecule has 170 valence electrons. The molecule has 0 fully saturated rings. The molecule has 0 radical (unpaired) electrons. The molecule has 5 nitrogen and oxygen atoms in total. The van der Waals surface area contributed by atoms with Gasteiger partial charge in [0.25, 0.3) is 0 Å². The number of hydrogen-bond acceptors (Lipinski definition) is 6. The summed E-state index contributed by atoms with van der Waals surface area (Å²) in [5.74, 6) is 0.519. The number of benzene rings is 2. The Kier molecular flexibility index (Phi) is 6.29. The zero-order valence-electron chi connectivity index (χ0n) is 18.7. The SMILES string of the molecule is Cc1ccccc1-c1csc2c(NC[C@@H](N)Cc3ccccc3)nc(-c3ccncc3F)nc12. The van der Waals surface area contributed by atoms with Crippen LogP contribution in [0.5, 0.6) is 0 Å². The lowest BCUT2D eigenvalue weighted by Gasteiger charge is -2.15. The van der Waals surface area contributed by atoms with Gasteiger partial charge in [-0.05, 0) is 36.1 Å². The molecule has 3 heterocycles. The highest BCUT2D eigenvalue weighted by Gasteiger charge is 2.18. The van der Waals surface area contributed by atoms with Crippen molar-refractivity contribution < 1.29 is 4.39 Å². The summed E-state index contributed by atoms with van der Waals surface area (Å²) in [6.07, 6.45) is 3.47. The molecule has 0 spiro atoms. The molecular weight excluding hydrogens is 445 g/mol. The minimum Gasteiger partial charge on any atom is -0.367 e. The van der Waals surface area contributed by atoms with E-state index in [0.717, 1.165) is 33.3 Å². The van der Waals surface area contributed by atoms with Gasteiger partial charge >= 0.3 is 0 Å². The fourth-order valence-electron chi connectivity index (χ4n) is 4.00. The number of aromatic nitrogens is 3. The zero-order valence-corrected chi connectivity index (χ0v) is 19.5. The Morgan fingerprint density at radius 1 is 0.971 bits per heavy atom. The number of halogens is 1. The highest BCUT2D eigenvalue weighted by Crippen LogP contribution is 2.38. The quantitative estimate of drug-likeness (QED) is 0.313. The topological polar surface area (TPSA) is 76.7 Å². The molecule has 0 aliphatic rings. The number of aryl methyl sites for hydroxylation is 1. The predicted molar refractivity (Wildman–Crippen MR) is 137 cm³/mol. The fourth-order valence-corrected chi connectivity index (χ4v) is 4.97. The summed E-state index contributed by atoms with van der Waals surface area (Å²) in [5.41, 5.74) is 12.0. The molecule has 5 aromatic rings. The van der Waals surface area contributed by atoms with E-state index in [0.29, 0.717) is 23.8 Å². The van der Waals surface area contributed by atoms with Crippen LogP contribution in [0.2, 0.25) is 0 Å². The fraction of sp³-hybridized carbons (Fsp3) is 0.148. The van der Waals surface area contributed by atoms with Crippen molar-refractivity contribution in [3.8, 4) is 22.5 Å². The van der Waals surface area contributed by atoms with Gasteiger partial charge in [-0.2, -0.15) is 0 Å². The first-order valence-electron chi connectivity index (χ1n) is 11.1. The van der Waals surface area contributed by atoms with Crippen LogP contribution in [0.25, 0.3) is 32.7 Å². The average Bonchev–Trinajstić information content (AvgIpc) is 3.28. The standard InChI is InChI=1S/C27H24FN5S/c1-17-7-5-6-10-20(17)22-16-34-25-24(22)32-26(21-11-12-30-15-23(21)28)33-27(25)31-14-19(29)13-18-8-3-2-4-9-18/h2-12,15-16,19H,13-14,29H2,1H3,(H,31,32,33)/t19-/m0/s1. The van der Waals surface area contributed by atoms with Crippen molar-refractivity contribution in [2.45, 2.75) is 19.4 Å². The van der Waals surface area contributed by atoms with Crippen molar-refractivity contribution in [1.29, 1.82) is 0 Å². The van der Waals surface area contributed by atoms with Crippen LogP contribution in [0, 0.1) is 12.7 Å². The average molecular weight is 470 g/mol. The maximum Gasteiger partial charge on any atom is 0.165 e. The number of nitrogens with two attached hydrogens (primary N) is 1. The van der Waals surface area contributed by atoms with Gasteiger partial charge in [-0.1, -0.05) is 54.6 Å². The molecule has 0 unspecified atom stereocenters. The maximum atomic E-state index is 14.6. The summed E-state index contributed by atoms with van der Waals surface area (Å²) in [5, 5.41) is 5.50. The number of fused-ring (bicyclic) bond motifs is 1. The van der Waals surface area contributed by atoms with Gasteiger partial charge < -0.3 is 11.1 Å². The van der Waals surface area contributed by atoms with Gasteiger partial charge in [0, 0.05) is 29.7 Å². The van der Waals surface area contributed by atoms with E-state index < -0.39 is 5.82 Å². The lowest BCUT2D eigenvalue weighted by molar-refractivity contribution is 0.623. The van der Waals surface area contributed by atoms with Gasteiger partial charge in [0.2, 0.25) is 0 Å². The van der Waals surface area contributed by atoms with Crippen LogP contribution >= 0.6 is 11.3 Å². The molecule has 5 rings (SSSR count). The number of nitrogens with zero attached hydrogens (tertiary/aromatic N) is 3. The van der Waals surface area contributed by atoms with Crippen LogP contribution in [-0.2, 0) is 6.42 Å². The van der Waals surface area contributed by atoms with Gasteiger partial charge in [-0.15, -0.1) is 11.3 Å². The summed E-state index contributed by atoms with van der Waals surface area (Å²) in [4.78, 5) is 13.4. The minimum absolute atomic E-state index is 0.107. The van der Waals surface area contributed by atoms with Gasteiger partial charge in [0.05, 0.1) is 22.0 Å². The largest absolute Gasteiger partial charge is 0.367 e. The van der Waals surface area contributed by atoms with Crippen molar-refractivity contribution >= 4 is 27.4 Å². The number of rotatable bonds is 7. The highest BCUT2D eigenvalue weighted by atomic mass is 32.1. The molecule has 34 heavy (non-hydrogen) atoms. The monoisotopic (exact) mass is 469 g/mol. The third-order valence-corrected chi connectivity index (χ3v) is 6.71. The van der Waals surface area contributed by atoms with E-state index in [1.807, 2.05) is 30.3 Å². The number of nitrogens with one attached hydrogen (secondary N) is 1. The van der Waals surface area contributed by atoms with Gasteiger partial charge in [0.1, 0.15) is 5.82 Å². The Morgan fingerprint density at radius 2 is 1.76 bits per heavy atom. The first-order valence-corrected chi connectivity index (χ1v) is 12.0. The summed E-state index contributed by atoms with van der Waals surface area (Å²) in [6, 6.07) is 19.8. The van der Waals surface area contributed by atoms with E-state index in [9.17, 15) is 4.39 Å². The van der Waals surface area contributed by atoms with Crippen molar-refractivity contribution in [2.75, 3.05) is 11.9 Å². The van der Waals surface area contributed by atoms with Crippen LogP contribution in [-0.4, -0.2) is 27.5 Å². The molecule has 2 aromatic carbocycles. The molecular formula is C27H24FN5S. The van der Waals surface area contributed by atoms with E-state index in [1.165, 1.54) is 11.8 Å². The molecule has 0 saturated heterocycles. The van der Waals surface area contributed by atoms with Gasteiger partial charge in [-0.25, -0.2) is 14.4 Å². The van der Waals surface area contributed by atoms with E-state index in [-0.39, 0.29) is 6.04 Å². The molecule has 1 atom stereocenters. The Morgan fingerprint density at radius 3 is 2.56 bits per heavy atom. The molecule has 0 aliphatic carbocycles. The second kappa shape index (κ2) is 9.67. The first-order chi connectivity index (χ1) is 16.6. The molecule has 3 aromatic heterocycles. The summed E-state index contributed by atoms with van der Waals surface area (Å²) in [7, 11) is 0. The lowest BCUT2D eigenvalue weighted by Crippen LogP contribution is -2.31.